The number of hydrogen-bond acceptors (Lipinski definition) is 5. The number of carbonyl (C=O) groups excluding carboxylic acids is 1. The van der Waals surface area contributed by atoms with Gasteiger partial charge in [-0.3, -0.25) is 9.69 Å². The normalized spacial score (nSPS) is 21.2. The Morgan fingerprint density at radius 1 is 0.812 bits per heavy atom. The van der Waals surface area contributed by atoms with Crippen molar-refractivity contribution in [3.05, 3.63) is 101 Å². The van der Waals surface area contributed by atoms with Gasteiger partial charge < -0.3 is 9.64 Å². The fraction of sp³-hybridized carbons (Fsp3) is 0.406. The van der Waals surface area contributed by atoms with Crippen LogP contribution in [0.2, 0.25) is 0 Å². The van der Waals surface area contributed by atoms with Crippen molar-refractivity contribution in [2.75, 3.05) is 26.2 Å². The van der Waals surface area contributed by atoms with Crippen molar-refractivity contribution in [3.8, 4) is 0 Å². The van der Waals surface area contributed by atoms with Gasteiger partial charge in [0.15, 0.2) is 9.84 Å². The summed E-state index contributed by atoms with van der Waals surface area (Å²) in [7, 11) is -4.41. The molecule has 0 spiro atoms. The van der Waals surface area contributed by atoms with E-state index in [1.54, 1.807) is 4.90 Å². The molecule has 3 aromatic carbocycles. The summed E-state index contributed by atoms with van der Waals surface area (Å²) in [6, 6.07) is 8.23. The lowest BCUT2D eigenvalue weighted by Crippen LogP contribution is -2.61. The number of ether oxygens (including phenoxy) is 1. The van der Waals surface area contributed by atoms with E-state index in [2.05, 4.69) is 4.74 Å². The molecule has 16 heteroatoms. The molecule has 1 saturated carbocycles. The van der Waals surface area contributed by atoms with Gasteiger partial charge in [0.25, 0.3) is 5.60 Å². The number of halogens is 9. The molecule has 6 nitrogen and oxygen atoms in total. The number of piperazine rings is 1. The lowest BCUT2D eigenvalue weighted by Gasteiger charge is -2.53. The summed E-state index contributed by atoms with van der Waals surface area (Å²) in [6.07, 6.45) is -12.6. The number of amides is 1. The molecule has 2 aliphatic rings. The first kappa shape index (κ1) is 35.7. The molecule has 0 unspecified atom stereocenters. The van der Waals surface area contributed by atoms with Gasteiger partial charge in [-0.1, -0.05) is 30.3 Å². The molecule has 1 aliphatic carbocycles. The average Bonchev–Trinajstić information content (AvgIpc) is 2.98. The first-order valence-corrected chi connectivity index (χ1v) is 16.1. The Hall–Kier alpha value is -3.63. The second-order valence-corrected chi connectivity index (χ2v) is 14.1. The highest BCUT2D eigenvalue weighted by molar-refractivity contribution is 7.92. The fourth-order valence-electron chi connectivity index (χ4n) is 6.41. The van der Waals surface area contributed by atoms with Gasteiger partial charge in [-0.2, -0.15) is 26.3 Å². The molecule has 2 fully saturated rings. The third kappa shape index (κ3) is 6.06. The third-order valence-electron chi connectivity index (χ3n) is 9.16. The number of carbonyl (C=O) groups is 1. The molecule has 1 amide bonds. The van der Waals surface area contributed by atoms with Crippen LogP contribution in [0.4, 0.5) is 39.5 Å². The van der Waals surface area contributed by atoms with Crippen molar-refractivity contribution in [1.82, 2.24) is 9.80 Å². The molecule has 1 aliphatic heterocycles. The van der Waals surface area contributed by atoms with Crippen molar-refractivity contribution in [3.63, 3.8) is 0 Å². The van der Waals surface area contributed by atoms with Crippen LogP contribution < -0.4 is 0 Å². The van der Waals surface area contributed by atoms with E-state index < -0.39 is 67.7 Å². The predicted molar refractivity (Wildman–Crippen MR) is 153 cm³/mol. The third-order valence-corrected chi connectivity index (χ3v) is 11.6. The van der Waals surface area contributed by atoms with Gasteiger partial charge in [0.05, 0.1) is 11.5 Å². The summed E-state index contributed by atoms with van der Waals surface area (Å²) in [5, 5.41) is 0. The second-order valence-electron chi connectivity index (χ2n) is 11.8. The van der Waals surface area contributed by atoms with Crippen molar-refractivity contribution in [2.24, 2.45) is 0 Å². The predicted octanol–water partition coefficient (Wildman–Crippen LogP) is 6.64. The Morgan fingerprint density at radius 2 is 1.33 bits per heavy atom. The van der Waals surface area contributed by atoms with Crippen LogP contribution in [0, 0.1) is 17.5 Å². The highest BCUT2D eigenvalue weighted by Gasteiger charge is 2.73. The topological polar surface area (TPSA) is 66.9 Å². The highest BCUT2D eigenvalue weighted by Crippen LogP contribution is 2.56. The largest absolute Gasteiger partial charge is 0.430 e. The lowest BCUT2D eigenvalue weighted by molar-refractivity contribution is -0.392. The molecule has 0 radical (unpaired) electrons. The van der Waals surface area contributed by atoms with E-state index >= 15 is 0 Å². The molecular weight excluding hydrogens is 679 g/mol. The maximum absolute atomic E-state index is 14.5. The summed E-state index contributed by atoms with van der Waals surface area (Å²) in [6.45, 7) is 1.27. The van der Waals surface area contributed by atoms with Crippen LogP contribution in [0.1, 0.15) is 36.5 Å². The zero-order valence-electron chi connectivity index (χ0n) is 25.2. The van der Waals surface area contributed by atoms with Crippen LogP contribution in [-0.4, -0.2) is 68.7 Å². The zero-order valence-corrected chi connectivity index (χ0v) is 26.0. The van der Waals surface area contributed by atoms with Crippen molar-refractivity contribution in [1.29, 1.82) is 0 Å². The minimum absolute atomic E-state index is 0.0983. The number of hydrogen-bond donors (Lipinski definition) is 0. The summed E-state index contributed by atoms with van der Waals surface area (Å²) < 4.78 is 160. The van der Waals surface area contributed by atoms with Gasteiger partial charge in [0.2, 0.25) is 5.91 Å². The van der Waals surface area contributed by atoms with E-state index in [0.29, 0.717) is 50.4 Å². The Labute approximate surface area is 270 Å². The number of rotatable bonds is 8. The monoisotopic (exact) mass is 708 g/mol. The summed E-state index contributed by atoms with van der Waals surface area (Å²) in [5.41, 5.74) is -7.81. The van der Waals surface area contributed by atoms with Crippen LogP contribution in [0.15, 0.2) is 71.6 Å². The second kappa shape index (κ2) is 12.7. The molecule has 260 valence electrons. The maximum atomic E-state index is 14.5. The first-order valence-electron chi connectivity index (χ1n) is 14.6. The number of benzene rings is 3. The number of alkyl halides is 6. The maximum Gasteiger partial charge on any atom is 0.430 e. The van der Waals surface area contributed by atoms with Gasteiger partial charge in [-0.25, -0.2) is 21.6 Å². The molecule has 0 bridgehead atoms. The average molecular weight is 709 g/mol. The number of sulfone groups is 1. The van der Waals surface area contributed by atoms with E-state index in [9.17, 15) is 52.7 Å². The van der Waals surface area contributed by atoms with E-state index in [0.717, 1.165) is 42.5 Å². The van der Waals surface area contributed by atoms with Gasteiger partial charge in [-0.15, -0.1) is 0 Å². The molecular formula is C32H29F9N2O4S. The highest BCUT2D eigenvalue weighted by atomic mass is 32.2. The summed E-state index contributed by atoms with van der Waals surface area (Å²) in [4.78, 5) is 15.0. The molecule has 1 saturated heterocycles. The summed E-state index contributed by atoms with van der Waals surface area (Å²) >= 11 is 0. The van der Waals surface area contributed by atoms with E-state index in [1.165, 1.54) is 6.92 Å². The van der Waals surface area contributed by atoms with Gasteiger partial charge in [0, 0.05) is 50.3 Å². The van der Waals surface area contributed by atoms with Crippen molar-refractivity contribution >= 4 is 15.7 Å². The first-order chi connectivity index (χ1) is 22.3. The van der Waals surface area contributed by atoms with Crippen molar-refractivity contribution in [2.45, 2.75) is 60.0 Å². The molecule has 0 N–H and O–H groups in total. The smallest absolute Gasteiger partial charge is 0.349 e. The molecule has 0 aromatic heterocycles. The number of nitrogens with zero attached hydrogens (tertiary/aromatic N) is 2. The van der Waals surface area contributed by atoms with Gasteiger partial charge in [0.1, 0.15) is 22.2 Å². The lowest BCUT2D eigenvalue weighted by atomic mass is 9.73. The fourth-order valence-corrected chi connectivity index (χ4v) is 8.62. The van der Waals surface area contributed by atoms with E-state index in [1.807, 2.05) is 4.90 Å². The van der Waals surface area contributed by atoms with Crippen LogP contribution in [0.5, 0.6) is 0 Å². The molecule has 3 aromatic rings. The minimum atomic E-state index is -6.18. The quantitative estimate of drug-likeness (QED) is 0.194. The molecule has 1 heterocycles. The van der Waals surface area contributed by atoms with Crippen LogP contribution >= 0.6 is 0 Å². The van der Waals surface area contributed by atoms with E-state index in [-0.39, 0.29) is 35.2 Å². The van der Waals surface area contributed by atoms with Crippen LogP contribution in [0.25, 0.3) is 0 Å². The summed E-state index contributed by atoms with van der Waals surface area (Å²) in [5.74, 6) is -3.70. The van der Waals surface area contributed by atoms with Gasteiger partial charge >= 0.3 is 12.4 Å². The molecule has 0 atom stereocenters. The minimum Gasteiger partial charge on any atom is -0.349 e. The Morgan fingerprint density at radius 3 is 1.81 bits per heavy atom. The van der Waals surface area contributed by atoms with E-state index in [4.69, 9.17) is 0 Å². The SMILES string of the molecule is CC(=O)N1CCN(C2CC(c3ccc(C(OCc4c(F)cccc4F)(C(F)(F)F)C(F)(F)F)cc3)(S(=O)(=O)c3ccc(F)cc3)C2)CC1. The molecule has 5 rings (SSSR count). The Bertz CT molecular complexity index is 1710. The molecule has 48 heavy (non-hydrogen) atoms. The zero-order chi connectivity index (χ0) is 35.3. The Balaban J connectivity index is 1.54. The Kier molecular flexibility index (Phi) is 9.42. The van der Waals surface area contributed by atoms with Gasteiger partial charge in [-0.05, 0) is 54.8 Å². The van der Waals surface area contributed by atoms with Crippen LogP contribution in [-0.2, 0) is 36.3 Å². The standard InChI is InChI=1S/C32H29F9N2O4S/c1-20(44)42-13-15-43(16-14-42)24-17-29(18-24,48(45,46)25-11-9-23(33)10-12-25)21-5-7-22(8-6-21)30(31(36,37)38,32(39,40)41)47-19-26-27(34)3-2-4-28(26)35/h2-12,24H,13-19H2,1H3. The van der Waals surface area contributed by atoms with Crippen molar-refractivity contribution < 1.29 is 57.5 Å². The van der Waals surface area contributed by atoms with Crippen LogP contribution in [0.3, 0.4) is 0 Å².